The number of nitrogens with zero attached hydrogens (tertiary/aromatic N) is 1. The topological polar surface area (TPSA) is 83.9 Å². The zero-order valence-electron chi connectivity index (χ0n) is 8.34. The standard InChI is InChI=1S/C10H12N2O2S/c1-8(7-11)6-9-2-4-10(5-3-9)15(12,13)14/h2-5,8H,6H2,1H3,(H2,12,13,14). The van der Waals surface area contributed by atoms with Gasteiger partial charge in [0.25, 0.3) is 0 Å². The van der Waals surface area contributed by atoms with Gasteiger partial charge in [0.15, 0.2) is 0 Å². The third kappa shape index (κ3) is 3.35. The lowest BCUT2D eigenvalue weighted by atomic mass is 10.0. The zero-order valence-corrected chi connectivity index (χ0v) is 9.16. The van der Waals surface area contributed by atoms with Crippen LogP contribution in [-0.2, 0) is 16.4 Å². The van der Waals surface area contributed by atoms with E-state index < -0.39 is 10.0 Å². The number of sulfonamides is 1. The van der Waals surface area contributed by atoms with Gasteiger partial charge in [0.2, 0.25) is 10.0 Å². The fraction of sp³-hybridized carbons (Fsp3) is 0.300. The quantitative estimate of drug-likeness (QED) is 0.832. The van der Waals surface area contributed by atoms with Gasteiger partial charge in [0.1, 0.15) is 0 Å². The number of primary sulfonamides is 1. The van der Waals surface area contributed by atoms with Crippen molar-refractivity contribution < 1.29 is 8.42 Å². The first-order chi connectivity index (χ1) is 6.93. The highest BCUT2D eigenvalue weighted by Crippen LogP contribution is 2.12. The second-order valence-electron chi connectivity index (χ2n) is 3.42. The molecule has 1 aromatic rings. The van der Waals surface area contributed by atoms with Crippen molar-refractivity contribution in [3.63, 3.8) is 0 Å². The van der Waals surface area contributed by atoms with Crippen LogP contribution < -0.4 is 5.14 Å². The van der Waals surface area contributed by atoms with Crippen LogP contribution in [-0.4, -0.2) is 8.42 Å². The van der Waals surface area contributed by atoms with E-state index in [1.807, 2.05) is 6.92 Å². The van der Waals surface area contributed by atoms with Gasteiger partial charge in [-0.25, -0.2) is 13.6 Å². The maximum atomic E-state index is 10.9. The van der Waals surface area contributed by atoms with Crippen LogP contribution in [0.1, 0.15) is 12.5 Å². The Labute approximate surface area is 89.4 Å². The van der Waals surface area contributed by atoms with Crippen molar-refractivity contribution in [1.29, 1.82) is 5.26 Å². The molecule has 1 aromatic carbocycles. The van der Waals surface area contributed by atoms with Crippen LogP contribution in [0.15, 0.2) is 29.2 Å². The summed E-state index contributed by atoms with van der Waals surface area (Å²) >= 11 is 0. The summed E-state index contributed by atoms with van der Waals surface area (Å²) in [4.78, 5) is 0.0934. The van der Waals surface area contributed by atoms with Crippen LogP contribution in [0.3, 0.4) is 0 Å². The van der Waals surface area contributed by atoms with Crippen molar-refractivity contribution in [2.75, 3.05) is 0 Å². The summed E-state index contributed by atoms with van der Waals surface area (Å²) in [5.74, 6) is -0.0784. The van der Waals surface area contributed by atoms with Crippen LogP contribution >= 0.6 is 0 Å². The summed E-state index contributed by atoms with van der Waals surface area (Å²) in [6.07, 6.45) is 0.612. The summed E-state index contributed by atoms with van der Waals surface area (Å²) in [5.41, 5.74) is 0.927. The van der Waals surface area contributed by atoms with Gasteiger partial charge in [-0.15, -0.1) is 0 Å². The summed E-state index contributed by atoms with van der Waals surface area (Å²) in [6, 6.07) is 8.37. The highest BCUT2D eigenvalue weighted by Gasteiger charge is 2.07. The molecule has 5 heteroatoms. The lowest BCUT2D eigenvalue weighted by Gasteiger charge is -2.03. The Hall–Kier alpha value is -1.38. The van der Waals surface area contributed by atoms with Crippen molar-refractivity contribution in [3.05, 3.63) is 29.8 Å². The molecular formula is C10H12N2O2S. The first-order valence-electron chi connectivity index (χ1n) is 4.45. The Morgan fingerprint density at radius 3 is 2.33 bits per heavy atom. The molecule has 0 bridgehead atoms. The SMILES string of the molecule is CC(C#N)Cc1ccc(S(N)(=O)=O)cc1. The Balaban J connectivity index is 2.88. The van der Waals surface area contributed by atoms with Crippen LogP contribution in [0.5, 0.6) is 0 Å². The van der Waals surface area contributed by atoms with E-state index in [4.69, 9.17) is 10.4 Å². The largest absolute Gasteiger partial charge is 0.238 e. The van der Waals surface area contributed by atoms with E-state index >= 15 is 0 Å². The minimum Gasteiger partial charge on any atom is -0.225 e. The molecule has 0 aliphatic rings. The molecule has 0 aliphatic heterocycles. The van der Waals surface area contributed by atoms with Crippen LogP contribution in [0.2, 0.25) is 0 Å². The lowest BCUT2D eigenvalue weighted by molar-refractivity contribution is 0.597. The van der Waals surface area contributed by atoms with E-state index in [0.29, 0.717) is 6.42 Å². The summed E-state index contributed by atoms with van der Waals surface area (Å²) in [6.45, 7) is 1.81. The fourth-order valence-corrected chi connectivity index (χ4v) is 1.73. The van der Waals surface area contributed by atoms with E-state index in [1.54, 1.807) is 12.1 Å². The van der Waals surface area contributed by atoms with Gasteiger partial charge in [-0.3, -0.25) is 0 Å². The van der Waals surface area contributed by atoms with Crippen molar-refractivity contribution in [1.82, 2.24) is 0 Å². The molecule has 1 unspecified atom stereocenters. The molecule has 4 nitrogen and oxygen atoms in total. The number of hydrogen-bond acceptors (Lipinski definition) is 3. The number of nitrogens with two attached hydrogens (primary N) is 1. The van der Waals surface area contributed by atoms with Crippen LogP contribution in [0, 0.1) is 17.2 Å². The fourth-order valence-electron chi connectivity index (χ4n) is 1.21. The monoisotopic (exact) mass is 224 g/mol. The van der Waals surface area contributed by atoms with Crippen molar-refractivity contribution in [3.8, 4) is 6.07 Å². The number of rotatable bonds is 3. The minimum atomic E-state index is -3.62. The second-order valence-corrected chi connectivity index (χ2v) is 4.98. The van der Waals surface area contributed by atoms with Crippen LogP contribution in [0.25, 0.3) is 0 Å². The average molecular weight is 224 g/mol. The second kappa shape index (κ2) is 4.43. The maximum Gasteiger partial charge on any atom is 0.238 e. The van der Waals surface area contributed by atoms with Crippen molar-refractivity contribution >= 4 is 10.0 Å². The first kappa shape index (κ1) is 11.7. The molecule has 0 amide bonds. The molecule has 80 valence electrons. The smallest absolute Gasteiger partial charge is 0.225 e. The van der Waals surface area contributed by atoms with Crippen LogP contribution in [0.4, 0.5) is 0 Å². The molecule has 0 aromatic heterocycles. The number of benzene rings is 1. The molecule has 0 heterocycles. The van der Waals surface area contributed by atoms with Gasteiger partial charge in [-0.2, -0.15) is 5.26 Å². The summed E-state index contributed by atoms with van der Waals surface area (Å²) in [5, 5.41) is 13.6. The highest BCUT2D eigenvalue weighted by molar-refractivity contribution is 7.89. The molecule has 0 aliphatic carbocycles. The molecule has 2 N–H and O–H groups in total. The van der Waals surface area contributed by atoms with Gasteiger partial charge < -0.3 is 0 Å². The number of hydrogen-bond donors (Lipinski definition) is 1. The van der Waals surface area contributed by atoms with E-state index in [0.717, 1.165) is 5.56 Å². The first-order valence-corrected chi connectivity index (χ1v) is 5.99. The van der Waals surface area contributed by atoms with Gasteiger partial charge in [-0.05, 0) is 31.0 Å². The molecule has 0 radical (unpaired) electrons. The predicted octanol–water partition coefficient (Wildman–Crippen LogP) is 1.04. The summed E-state index contributed by atoms with van der Waals surface area (Å²) < 4.78 is 21.9. The molecule has 0 saturated carbocycles. The average Bonchev–Trinajstić information content (AvgIpc) is 2.17. The minimum absolute atomic E-state index is 0.0784. The van der Waals surface area contributed by atoms with Gasteiger partial charge in [-0.1, -0.05) is 12.1 Å². The van der Waals surface area contributed by atoms with E-state index in [2.05, 4.69) is 6.07 Å². The molecule has 0 fully saturated rings. The third-order valence-corrected chi connectivity index (χ3v) is 2.94. The Morgan fingerprint density at radius 1 is 1.40 bits per heavy atom. The van der Waals surface area contributed by atoms with Gasteiger partial charge in [0, 0.05) is 5.92 Å². The predicted molar refractivity (Wildman–Crippen MR) is 56.3 cm³/mol. The van der Waals surface area contributed by atoms with Crippen molar-refractivity contribution in [2.24, 2.45) is 11.1 Å². The zero-order chi connectivity index (χ0) is 11.5. The Morgan fingerprint density at radius 2 is 1.93 bits per heavy atom. The van der Waals surface area contributed by atoms with E-state index in [-0.39, 0.29) is 10.8 Å². The van der Waals surface area contributed by atoms with E-state index in [9.17, 15) is 8.42 Å². The molecule has 1 rings (SSSR count). The van der Waals surface area contributed by atoms with Crippen molar-refractivity contribution in [2.45, 2.75) is 18.2 Å². The Bertz CT molecular complexity index is 471. The lowest BCUT2D eigenvalue weighted by Crippen LogP contribution is -2.12. The normalized spacial score (nSPS) is 13.1. The highest BCUT2D eigenvalue weighted by atomic mass is 32.2. The number of nitriles is 1. The van der Waals surface area contributed by atoms with Gasteiger partial charge in [0.05, 0.1) is 11.0 Å². The molecular weight excluding hydrogens is 212 g/mol. The maximum absolute atomic E-state index is 10.9. The van der Waals surface area contributed by atoms with Gasteiger partial charge >= 0.3 is 0 Å². The molecule has 15 heavy (non-hydrogen) atoms. The molecule has 0 saturated heterocycles. The van der Waals surface area contributed by atoms with E-state index in [1.165, 1.54) is 12.1 Å². The molecule has 1 atom stereocenters. The molecule has 0 spiro atoms. The Kier molecular flexibility index (Phi) is 3.45. The summed E-state index contributed by atoms with van der Waals surface area (Å²) in [7, 11) is -3.62. The third-order valence-electron chi connectivity index (χ3n) is 2.01.